The molecule has 5 heteroatoms. The second kappa shape index (κ2) is 4.76. The summed E-state index contributed by atoms with van der Waals surface area (Å²) in [5.74, 6) is -0.0523. The molecule has 16 heavy (non-hydrogen) atoms. The van der Waals surface area contributed by atoms with Gasteiger partial charge in [-0.05, 0) is 19.9 Å². The molecule has 0 bridgehead atoms. The maximum atomic E-state index is 12.1. The Morgan fingerprint density at radius 3 is 2.38 bits per heavy atom. The summed E-state index contributed by atoms with van der Waals surface area (Å²) in [7, 11) is 0. The minimum absolute atomic E-state index is 0.0523. The topological polar surface area (TPSA) is 55.5 Å². The van der Waals surface area contributed by atoms with Crippen LogP contribution in [0.5, 0.6) is 5.75 Å². The fourth-order valence-electron chi connectivity index (χ4n) is 1.31. The third-order valence-corrected chi connectivity index (χ3v) is 2.13. The molecule has 0 saturated carbocycles. The third kappa shape index (κ3) is 3.15. The summed E-state index contributed by atoms with van der Waals surface area (Å²) < 4.78 is 28.6. The Labute approximate surface area is 92.8 Å². The number of para-hydroxylation sites is 1. The molecule has 90 valence electrons. The van der Waals surface area contributed by atoms with Gasteiger partial charge in [0.05, 0.1) is 6.10 Å². The van der Waals surface area contributed by atoms with Crippen LogP contribution < -0.4 is 10.5 Å². The summed E-state index contributed by atoms with van der Waals surface area (Å²) in [6, 6.07) is 6.06. The number of hydrogen-bond acceptors (Lipinski definition) is 3. The van der Waals surface area contributed by atoms with Gasteiger partial charge in [-0.2, -0.15) is 8.78 Å². The second-order valence-electron chi connectivity index (χ2n) is 4.14. The van der Waals surface area contributed by atoms with E-state index in [1.807, 2.05) is 0 Å². The lowest BCUT2D eigenvalue weighted by molar-refractivity contribution is -0.0522. The molecule has 0 spiro atoms. The molecule has 3 N–H and O–H groups in total. The molecule has 0 heterocycles. The first-order valence-electron chi connectivity index (χ1n) is 4.83. The Balaban J connectivity index is 3.03. The molecule has 0 aliphatic heterocycles. The molecular formula is C11H15F2NO2. The van der Waals surface area contributed by atoms with Crippen molar-refractivity contribution in [3.8, 4) is 5.75 Å². The summed E-state index contributed by atoms with van der Waals surface area (Å²) in [6.45, 7) is 0.294. The number of rotatable bonds is 4. The normalized spacial score (nSPS) is 13.9. The van der Waals surface area contributed by atoms with Crippen molar-refractivity contribution in [1.82, 2.24) is 0 Å². The van der Waals surface area contributed by atoms with Gasteiger partial charge in [0.15, 0.2) is 0 Å². The van der Waals surface area contributed by atoms with Gasteiger partial charge in [0.25, 0.3) is 0 Å². The van der Waals surface area contributed by atoms with Crippen molar-refractivity contribution in [2.24, 2.45) is 5.73 Å². The van der Waals surface area contributed by atoms with Gasteiger partial charge in [-0.25, -0.2) is 0 Å². The number of hydrogen-bond donors (Lipinski definition) is 2. The zero-order valence-electron chi connectivity index (χ0n) is 9.15. The van der Waals surface area contributed by atoms with Crippen LogP contribution in [0.4, 0.5) is 8.78 Å². The molecule has 0 fully saturated rings. The van der Waals surface area contributed by atoms with Crippen LogP contribution in [0.1, 0.15) is 25.5 Å². The quantitative estimate of drug-likeness (QED) is 0.833. The Morgan fingerprint density at radius 1 is 1.31 bits per heavy atom. The molecule has 0 aromatic heterocycles. The molecule has 1 rings (SSSR count). The van der Waals surface area contributed by atoms with E-state index in [2.05, 4.69) is 4.74 Å². The Morgan fingerprint density at radius 2 is 1.88 bits per heavy atom. The molecule has 0 aliphatic rings. The van der Waals surface area contributed by atoms with Crippen LogP contribution in [0.3, 0.4) is 0 Å². The van der Waals surface area contributed by atoms with Gasteiger partial charge < -0.3 is 15.6 Å². The van der Waals surface area contributed by atoms with Crippen LogP contribution in [-0.2, 0) is 0 Å². The molecule has 0 saturated heterocycles. The first-order chi connectivity index (χ1) is 7.32. The van der Waals surface area contributed by atoms with Crippen molar-refractivity contribution < 1.29 is 18.6 Å². The van der Waals surface area contributed by atoms with E-state index in [0.717, 1.165) is 0 Å². The molecule has 1 aromatic carbocycles. The van der Waals surface area contributed by atoms with Crippen molar-refractivity contribution in [3.05, 3.63) is 29.8 Å². The molecule has 1 atom stereocenters. The number of benzene rings is 1. The van der Waals surface area contributed by atoms with Gasteiger partial charge in [-0.3, -0.25) is 0 Å². The minimum Gasteiger partial charge on any atom is -0.434 e. The average molecular weight is 231 g/mol. The van der Waals surface area contributed by atoms with Crippen molar-refractivity contribution in [2.75, 3.05) is 0 Å². The summed E-state index contributed by atoms with van der Waals surface area (Å²) in [5, 5.41) is 9.90. The molecule has 1 aromatic rings. The Bertz CT molecular complexity index is 350. The largest absolute Gasteiger partial charge is 0.434 e. The fourth-order valence-corrected chi connectivity index (χ4v) is 1.31. The predicted molar refractivity (Wildman–Crippen MR) is 56.3 cm³/mol. The van der Waals surface area contributed by atoms with E-state index >= 15 is 0 Å². The highest BCUT2D eigenvalue weighted by atomic mass is 19.3. The van der Waals surface area contributed by atoms with Crippen molar-refractivity contribution >= 4 is 0 Å². The van der Waals surface area contributed by atoms with E-state index in [4.69, 9.17) is 5.73 Å². The highest BCUT2D eigenvalue weighted by molar-refractivity contribution is 5.36. The van der Waals surface area contributed by atoms with Crippen molar-refractivity contribution in [1.29, 1.82) is 0 Å². The second-order valence-corrected chi connectivity index (χ2v) is 4.14. The van der Waals surface area contributed by atoms with Gasteiger partial charge >= 0.3 is 6.61 Å². The monoisotopic (exact) mass is 231 g/mol. The number of nitrogens with two attached hydrogens (primary N) is 1. The van der Waals surface area contributed by atoms with E-state index < -0.39 is 18.3 Å². The zero-order valence-corrected chi connectivity index (χ0v) is 9.15. The summed E-state index contributed by atoms with van der Waals surface area (Å²) >= 11 is 0. The van der Waals surface area contributed by atoms with E-state index in [9.17, 15) is 13.9 Å². The smallest absolute Gasteiger partial charge is 0.387 e. The van der Waals surface area contributed by atoms with Crippen LogP contribution in [0.25, 0.3) is 0 Å². The standard InChI is InChI=1S/C11H15F2NO2/c1-11(2,14)9(15)7-5-3-4-6-8(7)16-10(12)13/h3-6,9-10,15H,14H2,1-2H3. The van der Waals surface area contributed by atoms with Crippen LogP contribution >= 0.6 is 0 Å². The lowest BCUT2D eigenvalue weighted by atomic mass is 9.92. The van der Waals surface area contributed by atoms with E-state index in [1.54, 1.807) is 26.0 Å². The fraction of sp³-hybridized carbons (Fsp3) is 0.455. The van der Waals surface area contributed by atoms with Crippen LogP contribution in [-0.4, -0.2) is 17.3 Å². The highest BCUT2D eigenvalue weighted by Crippen LogP contribution is 2.31. The van der Waals surface area contributed by atoms with Gasteiger partial charge in [0.2, 0.25) is 0 Å². The Kier molecular flexibility index (Phi) is 3.83. The molecule has 0 amide bonds. The maximum absolute atomic E-state index is 12.1. The number of alkyl halides is 2. The van der Waals surface area contributed by atoms with Crippen LogP contribution in [0, 0.1) is 0 Å². The molecule has 0 radical (unpaired) electrons. The van der Waals surface area contributed by atoms with Crippen molar-refractivity contribution in [2.45, 2.75) is 32.1 Å². The van der Waals surface area contributed by atoms with E-state index in [0.29, 0.717) is 0 Å². The molecule has 1 unspecified atom stereocenters. The van der Waals surface area contributed by atoms with Gasteiger partial charge in [0.1, 0.15) is 5.75 Å². The predicted octanol–water partition coefficient (Wildman–Crippen LogP) is 2.06. The molecule has 0 aliphatic carbocycles. The number of aliphatic hydroxyl groups is 1. The van der Waals surface area contributed by atoms with Gasteiger partial charge in [-0.15, -0.1) is 0 Å². The number of aliphatic hydroxyl groups excluding tert-OH is 1. The molecular weight excluding hydrogens is 216 g/mol. The highest BCUT2D eigenvalue weighted by Gasteiger charge is 2.27. The van der Waals surface area contributed by atoms with E-state index in [1.165, 1.54) is 12.1 Å². The van der Waals surface area contributed by atoms with E-state index in [-0.39, 0.29) is 11.3 Å². The van der Waals surface area contributed by atoms with Crippen LogP contribution in [0.2, 0.25) is 0 Å². The summed E-state index contributed by atoms with van der Waals surface area (Å²) in [4.78, 5) is 0. The third-order valence-electron chi connectivity index (χ3n) is 2.13. The lowest BCUT2D eigenvalue weighted by Crippen LogP contribution is -2.39. The van der Waals surface area contributed by atoms with Gasteiger partial charge in [0, 0.05) is 11.1 Å². The number of ether oxygens (including phenoxy) is 1. The Hall–Kier alpha value is -1.20. The van der Waals surface area contributed by atoms with Gasteiger partial charge in [-0.1, -0.05) is 18.2 Å². The summed E-state index contributed by atoms with van der Waals surface area (Å²) in [5.41, 5.74) is 5.05. The maximum Gasteiger partial charge on any atom is 0.387 e. The minimum atomic E-state index is -2.92. The first kappa shape index (κ1) is 12.9. The number of halogens is 2. The lowest BCUT2D eigenvalue weighted by Gasteiger charge is -2.27. The molecule has 3 nitrogen and oxygen atoms in total. The average Bonchev–Trinajstić information content (AvgIpc) is 2.15. The zero-order chi connectivity index (χ0) is 12.3. The SMILES string of the molecule is CC(C)(N)C(O)c1ccccc1OC(F)F. The van der Waals surface area contributed by atoms with Crippen molar-refractivity contribution in [3.63, 3.8) is 0 Å². The van der Waals surface area contributed by atoms with Crippen LogP contribution in [0.15, 0.2) is 24.3 Å². The summed E-state index contributed by atoms with van der Waals surface area (Å²) in [6.07, 6.45) is -1.07. The first-order valence-corrected chi connectivity index (χ1v) is 4.83.